The molecule has 0 aliphatic rings. The van der Waals surface area contributed by atoms with Crippen molar-refractivity contribution in [2.45, 2.75) is 11.3 Å². The maximum Gasteiger partial charge on any atom is 0.275 e. The minimum atomic E-state index is -4.18. The van der Waals surface area contributed by atoms with Gasteiger partial charge in [-0.25, -0.2) is 17.2 Å². The van der Waals surface area contributed by atoms with Gasteiger partial charge in [0.2, 0.25) is 0 Å². The fourth-order valence-electron chi connectivity index (χ4n) is 1.30. The monoisotopic (exact) mass is 299 g/mol. The molecule has 100 valence electrons. The number of non-ortho nitro benzene ring substituents is 1. The predicted octanol–water partition coefficient (Wildman–Crippen LogP) is 2.28. The normalized spacial score (nSPS) is 11.5. The number of rotatable bonds is 5. The van der Waals surface area contributed by atoms with Crippen molar-refractivity contribution in [1.29, 1.82) is 0 Å². The van der Waals surface area contributed by atoms with Gasteiger partial charge in [-0.3, -0.25) is 10.1 Å². The van der Waals surface area contributed by atoms with Crippen LogP contribution in [0, 0.1) is 21.7 Å². The molecule has 0 heterocycles. The van der Waals surface area contributed by atoms with Crippen LogP contribution in [0.1, 0.15) is 6.42 Å². The summed E-state index contributed by atoms with van der Waals surface area (Å²) in [5.74, 6) is -3.45. The number of benzene rings is 1. The van der Waals surface area contributed by atoms with Crippen molar-refractivity contribution < 1.29 is 22.1 Å². The Kier molecular flexibility index (Phi) is 4.58. The summed E-state index contributed by atoms with van der Waals surface area (Å²) >= 11 is 5.30. The largest absolute Gasteiger partial charge is 0.275 e. The number of nitro groups is 1. The fourth-order valence-corrected chi connectivity index (χ4v) is 3.03. The highest BCUT2D eigenvalue weighted by Crippen LogP contribution is 2.25. The van der Waals surface area contributed by atoms with Crippen molar-refractivity contribution in [2.75, 3.05) is 11.6 Å². The Morgan fingerprint density at radius 1 is 1.28 bits per heavy atom. The van der Waals surface area contributed by atoms with E-state index in [9.17, 15) is 27.3 Å². The Labute approximate surface area is 106 Å². The van der Waals surface area contributed by atoms with Gasteiger partial charge in [-0.2, -0.15) is 0 Å². The van der Waals surface area contributed by atoms with Crippen LogP contribution in [0.5, 0.6) is 0 Å². The lowest BCUT2D eigenvalue weighted by Gasteiger charge is -2.06. The van der Waals surface area contributed by atoms with E-state index in [0.717, 1.165) is 0 Å². The van der Waals surface area contributed by atoms with Crippen molar-refractivity contribution in [3.63, 3.8) is 0 Å². The van der Waals surface area contributed by atoms with Gasteiger partial charge in [0.25, 0.3) is 5.69 Å². The molecule has 0 radical (unpaired) electrons. The average Bonchev–Trinajstić information content (AvgIpc) is 2.24. The van der Waals surface area contributed by atoms with Gasteiger partial charge >= 0.3 is 0 Å². The maximum absolute atomic E-state index is 13.4. The van der Waals surface area contributed by atoms with Crippen molar-refractivity contribution >= 4 is 27.1 Å². The SMILES string of the molecule is O=[N+]([O-])c1cc(F)c(S(=O)(=O)CCCCl)c(F)c1. The van der Waals surface area contributed by atoms with Gasteiger partial charge < -0.3 is 0 Å². The Morgan fingerprint density at radius 3 is 2.17 bits per heavy atom. The lowest BCUT2D eigenvalue weighted by Crippen LogP contribution is -2.12. The molecule has 1 rings (SSSR count). The molecule has 1 aromatic rings. The van der Waals surface area contributed by atoms with E-state index in [0.29, 0.717) is 12.1 Å². The molecular formula is C9H8ClF2NO4S. The topological polar surface area (TPSA) is 77.3 Å². The first-order valence-electron chi connectivity index (χ1n) is 4.71. The highest BCUT2D eigenvalue weighted by atomic mass is 35.5. The zero-order chi connectivity index (χ0) is 13.9. The Hall–Kier alpha value is -1.28. The fraction of sp³-hybridized carbons (Fsp3) is 0.333. The molecule has 1 aromatic carbocycles. The quantitative estimate of drug-likeness (QED) is 0.475. The molecule has 0 N–H and O–H groups in total. The van der Waals surface area contributed by atoms with Gasteiger partial charge in [0.05, 0.1) is 22.8 Å². The molecule has 5 nitrogen and oxygen atoms in total. The van der Waals surface area contributed by atoms with Crippen LogP contribution in [0.25, 0.3) is 0 Å². The summed E-state index contributed by atoms with van der Waals surface area (Å²) in [7, 11) is -4.18. The standard InChI is InChI=1S/C9H8ClF2NO4S/c10-2-1-3-18(16,17)9-7(11)4-6(13(14)15)5-8(9)12/h4-5H,1-3H2. The second-order valence-corrected chi connectivity index (χ2v) is 5.78. The molecule has 0 unspecified atom stereocenters. The van der Waals surface area contributed by atoms with Crippen molar-refractivity contribution in [3.05, 3.63) is 33.9 Å². The zero-order valence-corrected chi connectivity index (χ0v) is 10.5. The van der Waals surface area contributed by atoms with Gasteiger partial charge in [-0.1, -0.05) is 0 Å². The van der Waals surface area contributed by atoms with Crippen LogP contribution in [-0.2, 0) is 9.84 Å². The Bertz CT molecular complexity index is 553. The number of nitro benzene ring substituents is 1. The lowest BCUT2D eigenvalue weighted by molar-refractivity contribution is -0.385. The van der Waals surface area contributed by atoms with Crippen LogP contribution in [0.4, 0.5) is 14.5 Å². The molecule has 0 fully saturated rings. The van der Waals surface area contributed by atoms with Crippen molar-refractivity contribution in [2.24, 2.45) is 0 Å². The minimum absolute atomic E-state index is 0.0233. The van der Waals surface area contributed by atoms with E-state index in [1.165, 1.54) is 0 Å². The summed E-state index contributed by atoms with van der Waals surface area (Å²) in [5.41, 5.74) is -0.846. The summed E-state index contributed by atoms with van der Waals surface area (Å²) in [6, 6.07) is 0.743. The maximum atomic E-state index is 13.4. The molecule has 0 amide bonds. The van der Waals surface area contributed by atoms with E-state index in [1.807, 2.05) is 0 Å². The Balaban J connectivity index is 3.30. The third-order valence-electron chi connectivity index (χ3n) is 2.05. The molecule has 9 heteroatoms. The molecule has 0 saturated carbocycles. The third-order valence-corrected chi connectivity index (χ3v) is 4.16. The second-order valence-electron chi connectivity index (χ2n) is 3.36. The number of hydrogen-bond acceptors (Lipinski definition) is 4. The third kappa shape index (κ3) is 3.14. The van der Waals surface area contributed by atoms with E-state index >= 15 is 0 Å². The first-order valence-corrected chi connectivity index (χ1v) is 6.90. The molecule has 0 aliphatic heterocycles. The first kappa shape index (κ1) is 14.8. The van der Waals surface area contributed by atoms with Crippen LogP contribution in [0.15, 0.2) is 17.0 Å². The summed E-state index contributed by atoms with van der Waals surface area (Å²) < 4.78 is 50.1. The molecule has 0 spiro atoms. The second kappa shape index (κ2) is 5.57. The molecule has 0 bridgehead atoms. The summed E-state index contributed by atoms with van der Waals surface area (Å²) in [5, 5.41) is 10.3. The molecule has 0 saturated heterocycles. The summed E-state index contributed by atoms with van der Waals surface area (Å²) in [6.45, 7) is 0. The zero-order valence-electron chi connectivity index (χ0n) is 8.90. The number of alkyl halides is 1. The molecular weight excluding hydrogens is 292 g/mol. The van der Waals surface area contributed by atoms with Crippen LogP contribution >= 0.6 is 11.6 Å². The smallest absolute Gasteiger partial charge is 0.258 e. The summed E-state index contributed by atoms with van der Waals surface area (Å²) in [6.07, 6.45) is 0.0275. The minimum Gasteiger partial charge on any atom is -0.258 e. The van der Waals surface area contributed by atoms with Gasteiger partial charge in [0.15, 0.2) is 21.5 Å². The Morgan fingerprint density at radius 2 is 1.78 bits per heavy atom. The number of halogens is 3. The van der Waals surface area contributed by atoms with Gasteiger partial charge in [0.1, 0.15) is 4.90 Å². The number of sulfone groups is 1. The number of hydrogen-bond donors (Lipinski definition) is 0. The van der Waals surface area contributed by atoms with E-state index in [-0.39, 0.29) is 12.3 Å². The molecule has 18 heavy (non-hydrogen) atoms. The van der Waals surface area contributed by atoms with E-state index in [1.54, 1.807) is 0 Å². The lowest BCUT2D eigenvalue weighted by atomic mass is 10.3. The summed E-state index contributed by atoms with van der Waals surface area (Å²) in [4.78, 5) is 8.18. The molecule has 0 aliphatic carbocycles. The van der Waals surface area contributed by atoms with E-state index in [2.05, 4.69) is 0 Å². The van der Waals surface area contributed by atoms with Crippen LogP contribution in [-0.4, -0.2) is 25.0 Å². The van der Waals surface area contributed by atoms with Crippen LogP contribution < -0.4 is 0 Å². The molecule has 0 aromatic heterocycles. The van der Waals surface area contributed by atoms with Crippen molar-refractivity contribution in [1.82, 2.24) is 0 Å². The molecule has 0 atom stereocenters. The van der Waals surface area contributed by atoms with Gasteiger partial charge in [-0.15, -0.1) is 11.6 Å². The van der Waals surface area contributed by atoms with Crippen LogP contribution in [0.3, 0.4) is 0 Å². The van der Waals surface area contributed by atoms with Gasteiger partial charge in [0, 0.05) is 5.88 Å². The highest BCUT2D eigenvalue weighted by Gasteiger charge is 2.26. The van der Waals surface area contributed by atoms with Crippen molar-refractivity contribution in [3.8, 4) is 0 Å². The predicted molar refractivity (Wildman–Crippen MR) is 60.4 cm³/mol. The van der Waals surface area contributed by atoms with Crippen LogP contribution in [0.2, 0.25) is 0 Å². The number of nitrogens with zero attached hydrogens (tertiary/aromatic N) is 1. The van der Waals surface area contributed by atoms with E-state index < -0.39 is 42.7 Å². The van der Waals surface area contributed by atoms with E-state index in [4.69, 9.17) is 11.6 Å². The van der Waals surface area contributed by atoms with Gasteiger partial charge in [-0.05, 0) is 6.42 Å². The first-order chi connectivity index (χ1) is 8.29. The average molecular weight is 300 g/mol. The highest BCUT2D eigenvalue weighted by molar-refractivity contribution is 7.91.